The summed E-state index contributed by atoms with van der Waals surface area (Å²) >= 11 is 1.43. The number of aromatic nitrogens is 1. The highest BCUT2D eigenvalue weighted by Gasteiger charge is 2.05. The second-order valence-corrected chi connectivity index (χ2v) is 4.99. The van der Waals surface area contributed by atoms with Gasteiger partial charge < -0.3 is 10.1 Å². The first-order chi connectivity index (χ1) is 9.24. The van der Waals surface area contributed by atoms with Gasteiger partial charge in [0.15, 0.2) is 5.13 Å². The quantitative estimate of drug-likeness (QED) is 0.825. The number of anilines is 1. The predicted octanol–water partition coefficient (Wildman–Crippen LogP) is 3.00. The maximum Gasteiger partial charge on any atom is 0.228 e. The van der Waals surface area contributed by atoms with Crippen LogP contribution in [0.2, 0.25) is 0 Å². The monoisotopic (exact) mass is 276 g/mol. The lowest BCUT2D eigenvalue weighted by atomic mass is 10.2. The number of carbonyl (C=O) groups excluding carboxylic acids is 1. The molecule has 0 spiro atoms. The molecule has 2 aromatic rings. The van der Waals surface area contributed by atoms with Crippen LogP contribution in [0.25, 0.3) is 0 Å². The number of carbonyl (C=O) groups is 1. The minimum atomic E-state index is -0.0672. The summed E-state index contributed by atoms with van der Waals surface area (Å²) in [6.07, 6.45) is 0.339. The van der Waals surface area contributed by atoms with Gasteiger partial charge in [0.1, 0.15) is 0 Å². The third-order valence-corrected chi connectivity index (χ3v) is 3.33. The Bertz CT molecular complexity index is 525. The molecule has 0 aliphatic heterocycles. The van der Waals surface area contributed by atoms with Gasteiger partial charge >= 0.3 is 0 Å². The van der Waals surface area contributed by atoms with Gasteiger partial charge in [-0.05, 0) is 12.5 Å². The maximum atomic E-state index is 11.6. The standard InChI is InChI=1S/C14H16N2O2S/c1-11-10-19-14(15-11)16-13(17)7-8-18-9-12-5-3-2-4-6-12/h2-6,10H,7-9H2,1H3,(H,15,16,17). The molecule has 0 unspecified atom stereocenters. The number of benzene rings is 1. The Morgan fingerprint density at radius 2 is 2.16 bits per heavy atom. The minimum Gasteiger partial charge on any atom is -0.376 e. The van der Waals surface area contributed by atoms with E-state index >= 15 is 0 Å². The fraction of sp³-hybridized carbons (Fsp3) is 0.286. The first-order valence-corrected chi connectivity index (χ1v) is 6.95. The molecule has 0 radical (unpaired) electrons. The van der Waals surface area contributed by atoms with Crippen LogP contribution >= 0.6 is 11.3 Å². The van der Waals surface area contributed by atoms with E-state index in [2.05, 4.69) is 10.3 Å². The van der Waals surface area contributed by atoms with E-state index in [9.17, 15) is 4.79 Å². The number of ether oxygens (including phenoxy) is 1. The summed E-state index contributed by atoms with van der Waals surface area (Å²) in [4.78, 5) is 15.8. The Balaban J connectivity index is 1.64. The van der Waals surface area contributed by atoms with Gasteiger partial charge in [-0.3, -0.25) is 4.79 Å². The lowest BCUT2D eigenvalue weighted by Gasteiger charge is -2.04. The molecular formula is C14H16N2O2S. The Morgan fingerprint density at radius 1 is 1.37 bits per heavy atom. The summed E-state index contributed by atoms with van der Waals surface area (Å²) < 4.78 is 5.46. The average molecular weight is 276 g/mol. The molecule has 0 aliphatic carbocycles. The van der Waals surface area contributed by atoms with Crippen LogP contribution in [-0.4, -0.2) is 17.5 Å². The van der Waals surface area contributed by atoms with Gasteiger partial charge in [-0.1, -0.05) is 30.3 Å². The second kappa shape index (κ2) is 7.01. The van der Waals surface area contributed by atoms with Crippen LogP contribution in [0, 0.1) is 6.92 Å². The van der Waals surface area contributed by atoms with E-state index in [4.69, 9.17) is 4.74 Å². The first-order valence-electron chi connectivity index (χ1n) is 6.07. The molecule has 1 aromatic carbocycles. The normalized spacial score (nSPS) is 10.4. The minimum absolute atomic E-state index is 0.0672. The van der Waals surface area contributed by atoms with Crippen molar-refractivity contribution >= 4 is 22.4 Å². The lowest BCUT2D eigenvalue weighted by Crippen LogP contribution is -2.14. The van der Waals surface area contributed by atoms with E-state index in [0.29, 0.717) is 24.8 Å². The van der Waals surface area contributed by atoms with E-state index in [-0.39, 0.29) is 5.91 Å². The SMILES string of the molecule is Cc1csc(NC(=O)CCOCc2ccccc2)n1. The van der Waals surface area contributed by atoms with Crippen LogP contribution in [0.5, 0.6) is 0 Å². The molecule has 0 saturated heterocycles. The molecular weight excluding hydrogens is 260 g/mol. The van der Waals surface area contributed by atoms with Crippen LogP contribution in [0.3, 0.4) is 0 Å². The zero-order valence-corrected chi connectivity index (χ0v) is 11.6. The molecule has 0 saturated carbocycles. The molecule has 2 rings (SSSR count). The molecule has 0 bridgehead atoms. The van der Waals surface area contributed by atoms with Crippen LogP contribution < -0.4 is 5.32 Å². The molecule has 1 aromatic heterocycles. The van der Waals surface area contributed by atoms with Gasteiger partial charge in [0.25, 0.3) is 0 Å². The number of hydrogen-bond acceptors (Lipinski definition) is 4. The summed E-state index contributed by atoms with van der Waals surface area (Å²) in [5.74, 6) is -0.0672. The van der Waals surface area contributed by atoms with Crippen molar-refractivity contribution in [1.82, 2.24) is 4.98 Å². The molecule has 5 heteroatoms. The Kier molecular flexibility index (Phi) is 5.06. The van der Waals surface area contributed by atoms with E-state index in [1.165, 1.54) is 11.3 Å². The Labute approximate surface area is 116 Å². The van der Waals surface area contributed by atoms with E-state index in [0.717, 1.165) is 11.3 Å². The van der Waals surface area contributed by atoms with Gasteiger partial charge in [0, 0.05) is 5.38 Å². The molecule has 0 atom stereocenters. The molecule has 100 valence electrons. The van der Waals surface area contributed by atoms with Gasteiger partial charge in [-0.15, -0.1) is 11.3 Å². The zero-order chi connectivity index (χ0) is 13.5. The van der Waals surface area contributed by atoms with Gasteiger partial charge in [-0.2, -0.15) is 0 Å². The Hall–Kier alpha value is -1.72. The van der Waals surface area contributed by atoms with Crippen molar-refractivity contribution in [3.8, 4) is 0 Å². The molecule has 0 aliphatic rings. The topological polar surface area (TPSA) is 51.2 Å². The molecule has 0 fully saturated rings. The smallest absolute Gasteiger partial charge is 0.228 e. The number of thiazole rings is 1. The van der Waals surface area contributed by atoms with Crippen LogP contribution in [0.15, 0.2) is 35.7 Å². The van der Waals surface area contributed by atoms with Crippen molar-refractivity contribution in [2.45, 2.75) is 20.0 Å². The van der Waals surface area contributed by atoms with Gasteiger partial charge in [0.2, 0.25) is 5.91 Å². The van der Waals surface area contributed by atoms with Crippen LogP contribution in [0.4, 0.5) is 5.13 Å². The molecule has 19 heavy (non-hydrogen) atoms. The summed E-state index contributed by atoms with van der Waals surface area (Å²) in [7, 11) is 0. The summed E-state index contributed by atoms with van der Waals surface area (Å²) in [5.41, 5.74) is 2.03. The fourth-order valence-electron chi connectivity index (χ4n) is 1.52. The predicted molar refractivity (Wildman–Crippen MR) is 76.2 cm³/mol. The maximum absolute atomic E-state index is 11.6. The summed E-state index contributed by atoms with van der Waals surface area (Å²) in [6, 6.07) is 9.90. The first kappa shape index (κ1) is 13.7. The lowest BCUT2D eigenvalue weighted by molar-refractivity contribution is -0.117. The number of hydrogen-bond donors (Lipinski definition) is 1. The summed E-state index contributed by atoms with van der Waals surface area (Å²) in [6.45, 7) is 2.84. The van der Waals surface area contributed by atoms with E-state index < -0.39 is 0 Å². The molecule has 1 N–H and O–H groups in total. The Morgan fingerprint density at radius 3 is 2.84 bits per heavy atom. The largest absolute Gasteiger partial charge is 0.376 e. The molecule has 4 nitrogen and oxygen atoms in total. The van der Waals surface area contributed by atoms with Crippen LogP contribution in [-0.2, 0) is 16.1 Å². The number of rotatable bonds is 6. The van der Waals surface area contributed by atoms with Gasteiger partial charge in [0.05, 0.1) is 25.3 Å². The zero-order valence-electron chi connectivity index (χ0n) is 10.8. The number of aryl methyl sites for hydroxylation is 1. The van der Waals surface area contributed by atoms with Crippen molar-refractivity contribution in [2.75, 3.05) is 11.9 Å². The van der Waals surface area contributed by atoms with Crippen molar-refractivity contribution < 1.29 is 9.53 Å². The van der Waals surface area contributed by atoms with Crippen molar-refractivity contribution in [3.05, 3.63) is 47.0 Å². The average Bonchev–Trinajstić information content (AvgIpc) is 2.81. The summed E-state index contributed by atoms with van der Waals surface area (Å²) in [5, 5.41) is 5.30. The van der Waals surface area contributed by atoms with Crippen LogP contribution in [0.1, 0.15) is 17.7 Å². The van der Waals surface area contributed by atoms with Crippen molar-refractivity contribution in [3.63, 3.8) is 0 Å². The van der Waals surface area contributed by atoms with Crippen molar-refractivity contribution in [1.29, 1.82) is 0 Å². The highest BCUT2D eigenvalue weighted by molar-refractivity contribution is 7.13. The van der Waals surface area contributed by atoms with E-state index in [1.807, 2.05) is 42.6 Å². The molecule has 1 heterocycles. The van der Waals surface area contributed by atoms with E-state index in [1.54, 1.807) is 0 Å². The van der Waals surface area contributed by atoms with Gasteiger partial charge in [-0.25, -0.2) is 4.98 Å². The van der Waals surface area contributed by atoms with Crippen molar-refractivity contribution in [2.24, 2.45) is 0 Å². The fourth-order valence-corrected chi connectivity index (χ4v) is 2.23. The second-order valence-electron chi connectivity index (χ2n) is 4.13. The molecule has 1 amide bonds. The number of nitrogens with one attached hydrogen (secondary N) is 1. The third kappa shape index (κ3) is 4.81. The highest BCUT2D eigenvalue weighted by Crippen LogP contribution is 2.14. The third-order valence-electron chi connectivity index (χ3n) is 2.45. The number of amides is 1. The highest BCUT2D eigenvalue weighted by atomic mass is 32.1. The number of nitrogens with zero attached hydrogens (tertiary/aromatic N) is 1.